The molecule has 0 unspecified atom stereocenters. The molecule has 5 nitrogen and oxygen atoms in total. The molecule has 1 aliphatic rings. The SMILES string of the molecule is C=CCCC[C@H]1CN([C@@H](CC(=O)O)c2ccc(OC)c(F)c2)C1=O. The number of carbonyl (C=O) groups is 2. The molecule has 2 rings (SSSR count). The highest BCUT2D eigenvalue weighted by atomic mass is 19.1. The number of hydrogen-bond donors (Lipinski definition) is 1. The van der Waals surface area contributed by atoms with Crippen molar-refractivity contribution in [1.29, 1.82) is 0 Å². The van der Waals surface area contributed by atoms with Crippen LogP contribution in [0, 0.1) is 11.7 Å². The summed E-state index contributed by atoms with van der Waals surface area (Å²) in [5.41, 5.74) is 0.466. The normalized spacial score (nSPS) is 18.0. The molecule has 1 aromatic carbocycles. The molecular formula is C18H22FNO4. The maximum atomic E-state index is 13.9. The van der Waals surface area contributed by atoms with Gasteiger partial charge in [0.2, 0.25) is 5.91 Å². The van der Waals surface area contributed by atoms with Crippen LogP contribution in [0.5, 0.6) is 5.75 Å². The average Bonchev–Trinajstić information content (AvgIpc) is 2.55. The lowest BCUT2D eigenvalue weighted by atomic mass is 9.88. The van der Waals surface area contributed by atoms with E-state index in [2.05, 4.69) is 6.58 Å². The van der Waals surface area contributed by atoms with E-state index in [4.69, 9.17) is 9.84 Å². The van der Waals surface area contributed by atoms with Crippen LogP contribution in [0.25, 0.3) is 0 Å². The Balaban J connectivity index is 2.12. The van der Waals surface area contributed by atoms with Gasteiger partial charge >= 0.3 is 5.97 Å². The summed E-state index contributed by atoms with van der Waals surface area (Å²) in [5, 5.41) is 9.14. The van der Waals surface area contributed by atoms with Crippen molar-refractivity contribution in [3.63, 3.8) is 0 Å². The highest BCUT2D eigenvalue weighted by molar-refractivity contribution is 5.85. The number of unbranched alkanes of at least 4 members (excludes halogenated alkanes) is 1. The number of β-lactam (4-membered cyclic amide) rings is 1. The van der Waals surface area contributed by atoms with Gasteiger partial charge in [0.1, 0.15) is 0 Å². The standard InChI is InChI=1S/C18H22FNO4/c1-3-4-5-6-13-11-20(18(13)23)15(10-17(21)22)12-7-8-16(24-2)14(19)9-12/h3,7-9,13,15H,1,4-6,10-11H2,2H3,(H,21,22)/t13-,15-/m0/s1. The van der Waals surface area contributed by atoms with Crippen molar-refractivity contribution >= 4 is 11.9 Å². The highest BCUT2D eigenvalue weighted by Gasteiger charge is 2.41. The second-order valence-corrected chi connectivity index (χ2v) is 5.91. The Morgan fingerprint density at radius 2 is 2.33 bits per heavy atom. The number of carboxylic acid groups (broad SMARTS) is 1. The van der Waals surface area contributed by atoms with Crippen molar-refractivity contribution in [2.45, 2.75) is 31.7 Å². The summed E-state index contributed by atoms with van der Waals surface area (Å²) < 4.78 is 18.8. The van der Waals surface area contributed by atoms with Gasteiger partial charge in [-0.15, -0.1) is 6.58 Å². The van der Waals surface area contributed by atoms with Crippen LogP contribution in [0.3, 0.4) is 0 Å². The zero-order chi connectivity index (χ0) is 17.7. The molecule has 0 saturated carbocycles. The van der Waals surface area contributed by atoms with E-state index in [1.165, 1.54) is 24.1 Å². The number of nitrogens with zero attached hydrogens (tertiary/aromatic N) is 1. The fraction of sp³-hybridized carbons (Fsp3) is 0.444. The zero-order valence-corrected chi connectivity index (χ0v) is 13.7. The summed E-state index contributed by atoms with van der Waals surface area (Å²) in [6.07, 6.45) is 4.06. The van der Waals surface area contributed by atoms with E-state index >= 15 is 0 Å². The molecule has 1 amide bonds. The Morgan fingerprint density at radius 1 is 1.58 bits per heavy atom. The number of hydrogen-bond acceptors (Lipinski definition) is 3. The van der Waals surface area contributed by atoms with Gasteiger partial charge in [-0.25, -0.2) is 4.39 Å². The Bertz CT molecular complexity index is 631. The largest absolute Gasteiger partial charge is 0.494 e. The summed E-state index contributed by atoms with van der Waals surface area (Å²) in [6.45, 7) is 4.15. The highest BCUT2D eigenvalue weighted by Crippen LogP contribution is 2.35. The minimum absolute atomic E-state index is 0.0680. The van der Waals surface area contributed by atoms with Crippen LogP contribution >= 0.6 is 0 Å². The van der Waals surface area contributed by atoms with E-state index in [9.17, 15) is 14.0 Å². The Labute approximate surface area is 140 Å². The molecule has 1 N–H and O–H groups in total. The van der Waals surface area contributed by atoms with Crippen LogP contribution in [0.2, 0.25) is 0 Å². The second-order valence-electron chi connectivity index (χ2n) is 5.91. The zero-order valence-electron chi connectivity index (χ0n) is 13.7. The number of rotatable bonds is 9. The third-order valence-corrected chi connectivity index (χ3v) is 4.32. The van der Waals surface area contributed by atoms with Gasteiger partial charge in [0, 0.05) is 6.54 Å². The molecule has 0 aromatic heterocycles. The summed E-state index contributed by atoms with van der Waals surface area (Å²) in [5.74, 6) is -1.66. The number of amides is 1. The fourth-order valence-electron chi connectivity index (χ4n) is 3.00. The molecule has 0 radical (unpaired) electrons. The molecular weight excluding hydrogens is 313 g/mol. The molecule has 2 atom stereocenters. The van der Waals surface area contributed by atoms with Crippen molar-refractivity contribution in [3.05, 3.63) is 42.2 Å². The minimum Gasteiger partial charge on any atom is -0.494 e. The van der Waals surface area contributed by atoms with Crippen LogP contribution in [-0.2, 0) is 9.59 Å². The van der Waals surface area contributed by atoms with E-state index in [0.717, 1.165) is 19.3 Å². The van der Waals surface area contributed by atoms with Crippen LogP contribution in [0.15, 0.2) is 30.9 Å². The van der Waals surface area contributed by atoms with E-state index in [1.807, 2.05) is 6.08 Å². The van der Waals surface area contributed by atoms with Crippen LogP contribution < -0.4 is 4.74 Å². The lowest BCUT2D eigenvalue weighted by Gasteiger charge is -2.43. The summed E-state index contributed by atoms with van der Waals surface area (Å²) in [4.78, 5) is 25.0. The van der Waals surface area contributed by atoms with Gasteiger partial charge in [0.05, 0.1) is 25.5 Å². The average molecular weight is 335 g/mol. The topological polar surface area (TPSA) is 66.8 Å². The molecule has 130 valence electrons. The van der Waals surface area contributed by atoms with Gasteiger partial charge in [-0.2, -0.15) is 0 Å². The second kappa shape index (κ2) is 7.95. The number of benzene rings is 1. The quantitative estimate of drug-likeness (QED) is 0.428. The van der Waals surface area contributed by atoms with Crippen LogP contribution in [0.1, 0.15) is 37.3 Å². The van der Waals surface area contributed by atoms with Crippen LogP contribution in [-0.4, -0.2) is 35.5 Å². The Morgan fingerprint density at radius 3 is 2.88 bits per heavy atom. The number of halogens is 1. The molecule has 1 aromatic rings. The molecule has 0 bridgehead atoms. The molecule has 6 heteroatoms. The van der Waals surface area contributed by atoms with Gasteiger partial charge in [-0.1, -0.05) is 12.1 Å². The van der Waals surface area contributed by atoms with Crippen LogP contribution in [0.4, 0.5) is 4.39 Å². The number of aliphatic carboxylic acids is 1. The van der Waals surface area contributed by atoms with E-state index in [1.54, 1.807) is 6.07 Å². The number of likely N-dealkylation sites (tertiary alicyclic amines) is 1. The first kappa shape index (κ1) is 18.0. The first-order valence-electron chi connectivity index (χ1n) is 7.94. The summed E-state index contributed by atoms with van der Waals surface area (Å²) in [6, 6.07) is 3.63. The lowest BCUT2D eigenvalue weighted by Crippen LogP contribution is -2.54. The smallest absolute Gasteiger partial charge is 0.305 e. The summed E-state index contributed by atoms with van der Waals surface area (Å²) in [7, 11) is 1.36. The van der Waals surface area contributed by atoms with Gasteiger partial charge in [0.25, 0.3) is 0 Å². The number of ether oxygens (including phenoxy) is 1. The van der Waals surface area contributed by atoms with Gasteiger partial charge < -0.3 is 14.7 Å². The molecule has 1 saturated heterocycles. The Hall–Kier alpha value is -2.37. The monoisotopic (exact) mass is 335 g/mol. The van der Waals surface area contributed by atoms with E-state index in [-0.39, 0.29) is 24.0 Å². The predicted octanol–water partition coefficient (Wildman–Crippen LogP) is 3.16. The molecule has 1 heterocycles. The minimum atomic E-state index is -1.03. The molecule has 0 spiro atoms. The van der Waals surface area contributed by atoms with Crippen molar-refractivity contribution in [3.8, 4) is 5.75 Å². The van der Waals surface area contributed by atoms with E-state index in [0.29, 0.717) is 12.1 Å². The lowest BCUT2D eigenvalue weighted by molar-refractivity contribution is -0.154. The van der Waals surface area contributed by atoms with Gasteiger partial charge in [-0.05, 0) is 37.0 Å². The summed E-state index contributed by atoms with van der Waals surface area (Å²) >= 11 is 0. The number of carbonyl (C=O) groups excluding carboxylic acids is 1. The molecule has 0 aliphatic carbocycles. The third-order valence-electron chi connectivity index (χ3n) is 4.32. The maximum Gasteiger partial charge on any atom is 0.305 e. The first-order valence-corrected chi connectivity index (χ1v) is 7.94. The van der Waals surface area contributed by atoms with Crippen molar-refractivity contribution in [2.24, 2.45) is 5.92 Å². The van der Waals surface area contributed by atoms with Gasteiger partial charge in [0.15, 0.2) is 11.6 Å². The molecule has 24 heavy (non-hydrogen) atoms. The van der Waals surface area contributed by atoms with Crippen molar-refractivity contribution in [2.75, 3.05) is 13.7 Å². The van der Waals surface area contributed by atoms with Crippen molar-refractivity contribution < 1.29 is 23.8 Å². The molecule has 1 fully saturated rings. The predicted molar refractivity (Wildman–Crippen MR) is 87.2 cm³/mol. The molecule has 1 aliphatic heterocycles. The fourth-order valence-corrected chi connectivity index (χ4v) is 3.00. The number of allylic oxidation sites excluding steroid dienone is 1. The van der Waals surface area contributed by atoms with Crippen molar-refractivity contribution in [1.82, 2.24) is 4.90 Å². The van der Waals surface area contributed by atoms with E-state index < -0.39 is 17.8 Å². The van der Waals surface area contributed by atoms with Gasteiger partial charge in [-0.3, -0.25) is 9.59 Å². The number of methoxy groups -OCH3 is 1. The third kappa shape index (κ3) is 3.93. The maximum absolute atomic E-state index is 13.9. The number of carboxylic acids is 1. The Kier molecular flexibility index (Phi) is 5.95. The first-order chi connectivity index (χ1) is 11.5.